The third-order valence-corrected chi connectivity index (χ3v) is 6.59. The lowest BCUT2D eigenvalue weighted by molar-refractivity contribution is -0.150. The first-order valence-corrected chi connectivity index (χ1v) is 11.1. The van der Waals surface area contributed by atoms with Crippen molar-refractivity contribution in [1.82, 2.24) is 14.8 Å². The Morgan fingerprint density at radius 2 is 1.87 bits per heavy atom. The van der Waals surface area contributed by atoms with Gasteiger partial charge in [-0.25, -0.2) is 0 Å². The zero-order chi connectivity index (χ0) is 21.8. The van der Waals surface area contributed by atoms with Gasteiger partial charge in [0.05, 0.1) is 5.41 Å². The summed E-state index contributed by atoms with van der Waals surface area (Å²) < 4.78 is 5.58. The van der Waals surface area contributed by atoms with Gasteiger partial charge in [0, 0.05) is 46.2 Å². The van der Waals surface area contributed by atoms with Crippen molar-refractivity contribution in [2.45, 2.75) is 38.2 Å². The molecule has 0 unspecified atom stereocenters. The van der Waals surface area contributed by atoms with E-state index in [0.29, 0.717) is 39.0 Å². The number of aromatic nitrogens is 1. The molecule has 2 amide bonds. The highest BCUT2D eigenvalue weighted by molar-refractivity contribution is 5.84. The van der Waals surface area contributed by atoms with Gasteiger partial charge in [0.1, 0.15) is 6.10 Å². The van der Waals surface area contributed by atoms with Crippen molar-refractivity contribution in [2.24, 2.45) is 5.41 Å². The van der Waals surface area contributed by atoms with E-state index in [4.69, 9.17) is 4.74 Å². The van der Waals surface area contributed by atoms with Gasteiger partial charge < -0.3 is 14.5 Å². The summed E-state index contributed by atoms with van der Waals surface area (Å²) in [7, 11) is 3.64. The fourth-order valence-electron chi connectivity index (χ4n) is 4.81. The third-order valence-electron chi connectivity index (χ3n) is 6.59. The summed E-state index contributed by atoms with van der Waals surface area (Å²) in [5, 5.41) is 0. The second-order valence-corrected chi connectivity index (χ2v) is 8.92. The molecule has 0 N–H and O–H groups in total. The van der Waals surface area contributed by atoms with Gasteiger partial charge in [0.2, 0.25) is 5.91 Å². The van der Waals surface area contributed by atoms with E-state index in [-0.39, 0.29) is 17.9 Å². The number of rotatable bonds is 5. The topological polar surface area (TPSA) is 62.7 Å². The lowest BCUT2D eigenvalue weighted by Crippen LogP contribution is -2.52. The minimum Gasteiger partial charge on any atom is -0.368 e. The van der Waals surface area contributed by atoms with E-state index in [1.165, 1.54) is 0 Å². The lowest BCUT2D eigenvalue weighted by atomic mass is 9.72. The molecule has 2 saturated heterocycles. The smallest absolute Gasteiger partial charge is 0.251 e. The predicted octanol–water partition coefficient (Wildman–Crippen LogP) is 3.17. The van der Waals surface area contributed by atoms with Crippen LogP contribution in [0.25, 0.3) is 11.1 Å². The molecule has 2 aliphatic rings. The van der Waals surface area contributed by atoms with Gasteiger partial charge in [0.25, 0.3) is 5.91 Å². The third kappa shape index (κ3) is 4.64. The summed E-state index contributed by atoms with van der Waals surface area (Å²) in [5.41, 5.74) is 2.85. The molecule has 0 spiro atoms. The molecule has 6 heteroatoms. The number of benzene rings is 1. The molecule has 2 aromatic rings. The molecule has 1 aromatic heterocycles. The van der Waals surface area contributed by atoms with Gasteiger partial charge >= 0.3 is 0 Å². The minimum absolute atomic E-state index is 0.0872. The van der Waals surface area contributed by atoms with Crippen molar-refractivity contribution in [1.29, 1.82) is 0 Å². The first-order valence-electron chi connectivity index (χ1n) is 11.1. The van der Waals surface area contributed by atoms with Crippen LogP contribution in [0.2, 0.25) is 0 Å². The molecule has 0 saturated carbocycles. The normalized spacial score (nSPS) is 20.5. The maximum atomic E-state index is 13.2. The molecule has 31 heavy (non-hydrogen) atoms. The van der Waals surface area contributed by atoms with Gasteiger partial charge in [-0.3, -0.25) is 14.6 Å². The molecule has 2 fully saturated rings. The van der Waals surface area contributed by atoms with Gasteiger partial charge in [-0.05, 0) is 54.9 Å². The number of likely N-dealkylation sites (tertiary alicyclic amines) is 1. The minimum atomic E-state index is -0.480. The monoisotopic (exact) mass is 421 g/mol. The van der Waals surface area contributed by atoms with Crippen LogP contribution in [0.3, 0.4) is 0 Å². The van der Waals surface area contributed by atoms with E-state index in [1.54, 1.807) is 11.1 Å². The average Bonchev–Trinajstić information content (AvgIpc) is 3.35. The first kappa shape index (κ1) is 21.5. The molecule has 6 nitrogen and oxygen atoms in total. The highest BCUT2D eigenvalue weighted by Crippen LogP contribution is 2.38. The molecule has 1 atom stereocenters. The SMILES string of the molecule is CN(C)C(=O)C1(Cc2ccc(-c3cccnc3)cc2)CCN(C(=O)[C@@H]2CCCO2)CC1. The Balaban J connectivity index is 1.48. The van der Waals surface area contributed by atoms with E-state index in [0.717, 1.165) is 29.5 Å². The van der Waals surface area contributed by atoms with E-state index in [2.05, 4.69) is 29.2 Å². The summed E-state index contributed by atoms with van der Waals surface area (Å²) in [5.74, 6) is 0.234. The zero-order valence-corrected chi connectivity index (χ0v) is 18.4. The van der Waals surface area contributed by atoms with E-state index in [1.807, 2.05) is 37.3 Å². The van der Waals surface area contributed by atoms with Crippen LogP contribution < -0.4 is 0 Å². The maximum absolute atomic E-state index is 13.2. The standard InChI is InChI=1S/C25H31N3O3/c1-27(2)24(30)25(11-14-28(15-12-25)23(29)22-6-4-16-31-22)17-19-7-9-20(10-8-19)21-5-3-13-26-18-21/h3,5,7-10,13,18,22H,4,6,11-12,14-17H2,1-2H3/t22-/m0/s1. The highest BCUT2D eigenvalue weighted by atomic mass is 16.5. The second kappa shape index (κ2) is 9.18. The van der Waals surface area contributed by atoms with Crippen molar-refractivity contribution in [3.63, 3.8) is 0 Å². The van der Waals surface area contributed by atoms with Crippen molar-refractivity contribution >= 4 is 11.8 Å². The molecule has 164 valence electrons. The molecule has 2 aliphatic heterocycles. The Hall–Kier alpha value is -2.73. The van der Waals surface area contributed by atoms with E-state index in [9.17, 15) is 9.59 Å². The number of ether oxygens (including phenoxy) is 1. The number of pyridine rings is 1. The highest BCUT2D eigenvalue weighted by Gasteiger charge is 2.44. The number of amides is 2. The molecular weight excluding hydrogens is 390 g/mol. The van der Waals surface area contributed by atoms with Crippen molar-refractivity contribution in [3.05, 3.63) is 54.4 Å². The molecule has 0 aliphatic carbocycles. The number of carbonyl (C=O) groups is 2. The largest absolute Gasteiger partial charge is 0.368 e. The van der Waals surface area contributed by atoms with Crippen LogP contribution in [-0.2, 0) is 20.7 Å². The fraction of sp³-hybridized carbons (Fsp3) is 0.480. The number of hydrogen-bond acceptors (Lipinski definition) is 4. The summed E-state index contributed by atoms with van der Waals surface area (Å²) in [6, 6.07) is 12.4. The van der Waals surface area contributed by atoms with Crippen molar-refractivity contribution in [3.8, 4) is 11.1 Å². The summed E-state index contributed by atoms with van der Waals surface area (Å²) in [6.07, 6.45) is 7.11. The average molecular weight is 422 g/mol. The van der Waals surface area contributed by atoms with Gasteiger partial charge in [0.15, 0.2) is 0 Å². The number of hydrogen-bond donors (Lipinski definition) is 0. The van der Waals surface area contributed by atoms with Crippen LogP contribution >= 0.6 is 0 Å². The Morgan fingerprint density at radius 3 is 2.45 bits per heavy atom. The summed E-state index contributed by atoms with van der Waals surface area (Å²) in [4.78, 5) is 33.8. The summed E-state index contributed by atoms with van der Waals surface area (Å²) in [6.45, 7) is 1.88. The van der Waals surface area contributed by atoms with Crippen LogP contribution in [0.1, 0.15) is 31.2 Å². The second-order valence-electron chi connectivity index (χ2n) is 8.92. The number of nitrogens with zero attached hydrogens (tertiary/aromatic N) is 3. The molecule has 3 heterocycles. The van der Waals surface area contributed by atoms with Gasteiger partial charge in [-0.2, -0.15) is 0 Å². The summed E-state index contributed by atoms with van der Waals surface area (Å²) >= 11 is 0. The molecule has 1 aromatic carbocycles. The van der Waals surface area contributed by atoms with Crippen LogP contribution in [0.5, 0.6) is 0 Å². The molecule has 0 bridgehead atoms. The van der Waals surface area contributed by atoms with Crippen LogP contribution in [0.15, 0.2) is 48.8 Å². The molecular formula is C25H31N3O3. The van der Waals surface area contributed by atoms with Gasteiger partial charge in [-0.15, -0.1) is 0 Å². The van der Waals surface area contributed by atoms with E-state index < -0.39 is 5.41 Å². The van der Waals surface area contributed by atoms with Crippen LogP contribution in [-0.4, -0.2) is 66.5 Å². The van der Waals surface area contributed by atoms with Crippen LogP contribution in [0, 0.1) is 5.41 Å². The van der Waals surface area contributed by atoms with E-state index >= 15 is 0 Å². The maximum Gasteiger partial charge on any atom is 0.251 e. The first-order chi connectivity index (χ1) is 15.0. The Bertz CT molecular complexity index is 897. The Morgan fingerprint density at radius 1 is 1.13 bits per heavy atom. The fourth-order valence-corrected chi connectivity index (χ4v) is 4.81. The quantitative estimate of drug-likeness (QED) is 0.744. The predicted molar refractivity (Wildman–Crippen MR) is 119 cm³/mol. The Labute approximate surface area is 184 Å². The van der Waals surface area contributed by atoms with Crippen molar-refractivity contribution < 1.29 is 14.3 Å². The number of carbonyl (C=O) groups excluding carboxylic acids is 2. The Kier molecular flexibility index (Phi) is 6.37. The number of piperidine rings is 1. The van der Waals surface area contributed by atoms with Crippen molar-refractivity contribution in [2.75, 3.05) is 33.8 Å². The van der Waals surface area contributed by atoms with Crippen LogP contribution in [0.4, 0.5) is 0 Å². The zero-order valence-electron chi connectivity index (χ0n) is 18.4. The van der Waals surface area contributed by atoms with Gasteiger partial charge in [-0.1, -0.05) is 30.3 Å². The molecule has 4 rings (SSSR count). The molecule has 0 radical (unpaired) electrons. The lowest BCUT2D eigenvalue weighted by Gasteiger charge is -2.42.